The standard InChI is InChI=1S/C26H42N4O4/c1-18-7-8-19(13-23(18)34-12-6-11-33-5)17-30(22-9-10-22)24(31)20-14-21(16-27-15-20)28-25(32)29-26(2,3)4/h7-8,13,20-22,27H,6,9-12,14-17H2,1-5H3,(H2,28,29,32). The average Bonchev–Trinajstić information content (AvgIpc) is 3.60. The number of nitrogens with one attached hydrogen (secondary N) is 3. The molecule has 1 aliphatic heterocycles. The van der Waals surface area contributed by atoms with E-state index >= 15 is 0 Å². The van der Waals surface area contributed by atoms with Crippen LogP contribution in [0.4, 0.5) is 4.79 Å². The predicted octanol–water partition coefficient (Wildman–Crippen LogP) is 2.98. The molecule has 190 valence electrons. The molecule has 2 aliphatic rings. The van der Waals surface area contributed by atoms with Gasteiger partial charge in [0.15, 0.2) is 0 Å². The third-order valence-electron chi connectivity index (χ3n) is 6.15. The highest BCUT2D eigenvalue weighted by Crippen LogP contribution is 2.32. The first-order valence-corrected chi connectivity index (χ1v) is 12.5. The van der Waals surface area contributed by atoms with E-state index in [9.17, 15) is 9.59 Å². The molecule has 0 radical (unpaired) electrons. The average molecular weight is 475 g/mol. The molecular weight excluding hydrogens is 432 g/mol. The first-order chi connectivity index (χ1) is 16.2. The Hall–Kier alpha value is -2.32. The van der Waals surface area contributed by atoms with Gasteiger partial charge in [-0.25, -0.2) is 4.79 Å². The molecule has 1 aromatic carbocycles. The predicted molar refractivity (Wildman–Crippen MR) is 133 cm³/mol. The minimum Gasteiger partial charge on any atom is -0.493 e. The molecule has 1 saturated heterocycles. The zero-order chi connectivity index (χ0) is 24.7. The zero-order valence-electron chi connectivity index (χ0n) is 21.4. The summed E-state index contributed by atoms with van der Waals surface area (Å²) in [5.41, 5.74) is 1.87. The number of rotatable bonds is 10. The van der Waals surface area contributed by atoms with E-state index in [1.807, 2.05) is 32.6 Å². The Morgan fingerprint density at radius 2 is 1.94 bits per heavy atom. The van der Waals surface area contributed by atoms with E-state index < -0.39 is 0 Å². The number of nitrogens with zero attached hydrogens (tertiary/aromatic N) is 1. The maximum Gasteiger partial charge on any atom is 0.315 e. The van der Waals surface area contributed by atoms with Crippen molar-refractivity contribution in [1.82, 2.24) is 20.9 Å². The largest absolute Gasteiger partial charge is 0.493 e. The summed E-state index contributed by atoms with van der Waals surface area (Å²) in [6.45, 7) is 11.1. The van der Waals surface area contributed by atoms with E-state index in [4.69, 9.17) is 9.47 Å². The Bertz CT molecular complexity index is 835. The lowest BCUT2D eigenvalue weighted by Gasteiger charge is -2.34. The monoisotopic (exact) mass is 474 g/mol. The molecule has 1 aliphatic carbocycles. The van der Waals surface area contributed by atoms with Gasteiger partial charge in [0.25, 0.3) is 0 Å². The summed E-state index contributed by atoms with van der Waals surface area (Å²) < 4.78 is 11.1. The smallest absolute Gasteiger partial charge is 0.315 e. The number of carbonyl (C=O) groups is 2. The lowest BCUT2D eigenvalue weighted by molar-refractivity contribution is -0.137. The minimum atomic E-state index is -0.301. The van der Waals surface area contributed by atoms with Gasteiger partial charge in [-0.3, -0.25) is 4.79 Å². The molecule has 0 aromatic heterocycles. The third-order valence-corrected chi connectivity index (χ3v) is 6.15. The molecular formula is C26H42N4O4. The van der Waals surface area contributed by atoms with Crippen LogP contribution in [0.15, 0.2) is 18.2 Å². The van der Waals surface area contributed by atoms with Crippen molar-refractivity contribution in [3.8, 4) is 5.75 Å². The molecule has 1 saturated carbocycles. The van der Waals surface area contributed by atoms with Crippen LogP contribution in [-0.2, 0) is 16.1 Å². The summed E-state index contributed by atoms with van der Waals surface area (Å²) in [5, 5.41) is 9.30. The molecule has 3 rings (SSSR count). The lowest BCUT2D eigenvalue weighted by atomic mass is 9.94. The number of ether oxygens (including phenoxy) is 2. The van der Waals surface area contributed by atoms with E-state index in [0.29, 0.717) is 45.3 Å². The molecule has 2 atom stereocenters. The Labute approximate surface area is 204 Å². The van der Waals surface area contributed by atoms with Crippen LogP contribution in [0.2, 0.25) is 0 Å². The van der Waals surface area contributed by atoms with Crippen LogP contribution < -0.4 is 20.7 Å². The number of amides is 3. The Morgan fingerprint density at radius 1 is 1.18 bits per heavy atom. The molecule has 3 amide bonds. The van der Waals surface area contributed by atoms with Crippen molar-refractivity contribution in [2.24, 2.45) is 5.92 Å². The number of aryl methyl sites for hydroxylation is 1. The molecule has 2 unspecified atom stereocenters. The highest BCUT2D eigenvalue weighted by molar-refractivity contribution is 5.80. The van der Waals surface area contributed by atoms with E-state index in [1.54, 1.807) is 7.11 Å². The van der Waals surface area contributed by atoms with Crippen LogP contribution in [0.3, 0.4) is 0 Å². The second-order valence-electron chi connectivity index (χ2n) is 10.6. The van der Waals surface area contributed by atoms with E-state index in [2.05, 4.69) is 34.1 Å². The number of hydrogen-bond acceptors (Lipinski definition) is 5. The van der Waals surface area contributed by atoms with Gasteiger partial charge in [0.2, 0.25) is 5.91 Å². The third kappa shape index (κ3) is 8.17. The minimum absolute atomic E-state index is 0.0717. The van der Waals surface area contributed by atoms with Gasteiger partial charge in [-0.15, -0.1) is 0 Å². The van der Waals surface area contributed by atoms with Crippen molar-refractivity contribution in [3.63, 3.8) is 0 Å². The normalized spacial score (nSPS) is 20.5. The summed E-state index contributed by atoms with van der Waals surface area (Å²) in [7, 11) is 1.69. The summed E-state index contributed by atoms with van der Waals surface area (Å²) in [6.07, 6.45) is 3.58. The molecule has 2 fully saturated rings. The number of hydrogen-bond donors (Lipinski definition) is 3. The molecule has 8 heteroatoms. The molecule has 1 aromatic rings. The summed E-state index contributed by atoms with van der Waals surface area (Å²) in [6, 6.07) is 6.25. The molecule has 0 spiro atoms. The first kappa shape index (κ1) is 26.3. The van der Waals surface area contributed by atoms with Gasteiger partial charge in [0.05, 0.1) is 12.5 Å². The van der Waals surface area contributed by atoms with Crippen molar-refractivity contribution >= 4 is 11.9 Å². The van der Waals surface area contributed by atoms with Gasteiger partial charge in [-0.1, -0.05) is 12.1 Å². The summed E-state index contributed by atoms with van der Waals surface area (Å²) >= 11 is 0. The Morgan fingerprint density at radius 3 is 2.62 bits per heavy atom. The number of urea groups is 1. The highest BCUT2D eigenvalue weighted by atomic mass is 16.5. The SMILES string of the molecule is COCCCOc1cc(CN(C(=O)C2CNCC(NC(=O)NC(C)(C)C)C2)C2CC2)ccc1C. The zero-order valence-corrected chi connectivity index (χ0v) is 21.4. The van der Waals surface area contributed by atoms with Crippen molar-refractivity contribution in [3.05, 3.63) is 29.3 Å². The maximum absolute atomic E-state index is 13.6. The van der Waals surface area contributed by atoms with Gasteiger partial charge in [-0.05, 0) is 64.2 Å². The Balaban J connectivity index is 1.61. The van der Waals surface area contributed by atoms with Crippen molar-refractivity contribution < 1.29 is 19.1 Å². The lowest BCUT2D eigenvalue weighted by Crippen LogP contribution is -2.56. The van der Waals surface area contributed by atoms with Gasteiger partial charge < -0.3 is 30.3 Å². The molecule has 0 bridgehead atoms. The van der Waals surface area contributed by atoms with Crippen molar-refractivity contribution in [2.45, 2.75) is 77.5 Å². The van der Waals surface area contributed by atoms with E-state index in [-0.39, 0.29) is 29.4 Å². The second kappa shape index (κ2) is 11.9. The van der Waals surface area contributed by atoms with Crippen LogP contribution in [0, 0.1) is 12.8 Å². The van der Waals surface area contributed by atoms with E-state index in [1.165, 1.54) is 0 Å². The summed E-state index contributed by atoms with van der Waals surface area (Å²) in [5.74, 6) is 0.885. The molecule has 34 heavy (non-hydrogen) atoms. The van der Waals surface area contributed by atoms with Gasteiger partial charge in [0, 0.05) is 57.4 Å². The molecule has 1 heterocycles. The van der Waals surface area contributed by atoms with Crippen LogP contribution in [0.5, 0.6) is 5.75 Å². The van der Waals surface area contributed by atoms with Crippen LogP contribution in [-0.4, -0.2) is 67.9 Å². The fourth-order valence-electron chi connectivity index (χ4n) is 4.29. The molecule has 3 N–H and O–H groups in total. The molecule has 8 nitrogen and oxygen atoms in total. The Kier molecular flexibility index (Phi) is 9.19. The van der Waals surface area contributed by atoms with Crippen LogP contribution in [0.25, 0.3) is 0 Å². The van der Waals surface area contributed by atoms with Gasteiger partial charge in [-0.2, -0.15) is 0 Å². The maximum atomic E-state index is 13.6. The fourth-order valence-corrected chi connectivity index (χ4v) is 4.29. The number of benzene rings is 1. The number of piperidine rings is 1. The van der Waals surface area contributed by atoms with Crippen molar-refractivity contribution in [1.29, 1.82) is 0 Å². The second-order valence-corrected chi connectivity index (χ2v) is 10.6. The fraction of sp³-hybridized carbons (Fsp3) is 0.692. The number of methoxy groups -OCH3 is 1. The van der Waals surface area contributed by atoms with Gasteiger partial charge in [0.1, 0.15) is 5.75 Å². The summed E-state index contributed by atoms with van der Waals surface area (Å²) in [4.78, 5) is 27.9. The quantitative estimate of drug-likeness (QED) is 0.454. The van der Waals surface area contributed by atoms with Gasteiger partial charge >= 0.3 is 6.03 Å². The van der Waals surface area contributed by atoms with Crippen molar-refractivity contribution in [2.75, 3.05) is 33.4 Å². The van der Waals surface area contributed by atoms with Crippen LogP contribution in [0.1, 0.15) is 57.6 Å². The number of carbonyl (C=O) groups excluding carboxylic acids is 2. The topological polar surface area (TPSA) is 91.9 Å². The first-order valence-electron chi connectivity index (χ1n) is 12.5. The van der Waals surface area contributed by atoms with Crippen LogP contribution >= 0.6 is 0 Å². The van der Waals surface area contributed by atoms with E-state index in [0.717, 1.165) is 36.1 Å². The highest BCUT2D eigenvalue weighted by Gasteiger charge is 2.38.